The first kappa shape index (κ1) is 18.1. The maximum atomic E-state index is 14.3. The molecule has 0 aliphatic carbocycles. The van der Waals surface area contributed by atoms with Gasteiger partial charge in [-0.05, 0) is 41.4 Å². The zero-order valence-electron chi connectivity index (χ0n) is 13.1. The van der Waals surface area contributed by atoms with E-state index in [9.17, 15) is 9.50 Å². The molecule has 3 nitrogen and oxygen atoms in total. The van der Waals surface area contributed by atoms with Crippen LogP contribution in [0.25, 0.3) is 0 Å². The van der Waals surface area contributed by atoms with Crippen molar-refractivity contribution < 1.29 is 19.0 Å². The van der Waals surface area contributed by atoms with Crippen LogP contribution in [0.2, 0.25) is 0 Å². The first-order chi connectivity index (χ1) is 11.1. The maximum Gasteiger partial charge on any atom is 0.184 e. The van der Waals surface area contributed by atoms with Crippen molar-refractivity contribution >= 4 is 15.9 Å². The third-order valence-corrected chi connectivity index (χ3v) is 4.07. The summed E-state index contributed by atoms with van der Waals surface area (Å²) in [5, 5.41) is 10.7. The molecule has 1 unspecified atom stereocenters. The molecular formula is C18H20BrFO3. The lowest BCUT2D eigenvalue weighted by molar-refractivity contribution is -0.141. The van der Waals surface area contributed by atoms with Gasteiger partial charge in [-0.2, -0.15) is 0 Å². The molecule has 1 N–H and O–H groups in total. The zero-order chi connectivity index (χ0) is 16.8. The summed E-state index contributed by atoms with van der Waals surface area (Å²) in [5.74, 6) is -0.473. The van der Waals surface area contributed by atoms with E-state index in [0.29, 0.717) is 28.8 Å². The molecule has 124 valence electrons. The molecule has 0 spiro atoms. The lowest BCUT2D eigenvalue weighted by Gasteiger charge is -2.23. The van der Waals surface area contributed by atoms with Crippen molar-refractivity contribution in [1.82, 2.24) is 0 Å². The summed E-state index contributed by atoms with van der Waals surface area (Å²) in [6.45, 7) is 4.69. The summed E-state index contributed by atoms with van der Waals surface area (Å²) in [6.07, 6.45) is -1.70. The van der Waals surface area contributed by atoms with Gasteiger partial charge in [0.1, 0.15) is 11.9 Å². The molecule has 23 heavy (non-hydrogen) atoms. The first-order valence-corrected chi connectivity index (χ1v) is 8.33. The van der Waals surface area contributed by atoms with Crippen LogP contribution in [0.1, 0.15) is 42.9 Å². The molecule has 2 rings (SSSR count). The van der Waals surface area contributed by atoms with Crippen molar-refractivity contribution in [3.8, 4) is 0 Å². The molecule has 0 aromatic heterocycles. The van der Waals surface area contributed by atoms with Crippen LogP contribution in [0.5, 0.6) is 0 Å². The highest BCUT2D eigenvalue weighted by atomic mass is 79.9. The van der Waals surface area contributed by atoms with Gasteiger partial charge in [0.05, 0.1) is 4.47 Å². The second kappa shape index (κ2) is 8.55. The molecule has 0 heterocycles. The van der Waals surface area contributed by atoms with Gasteiger partial charge in [-0.1, -0.05) is 36.4 Å². The second-order valence-electron chi connectivity index (χ2n) is 4.92. The summed E-state index contributed by atoms with van der Waals surface area (Å²) in [7, 11) is 0. The van der Waals surface area contributed by atoms with Gasteiger partial charge in [-0.25, -0.2) is 4.39 Å². The van der Waals surface area contributed by atoms with Crippen LogP contribution >= 0.6 is 15.9 Å². The zero-order valence-corrected chi connectivity index (χ0v) is 14.7. The van der Waals surface area contributed by atoms with Gasteiger partial charge in [0.25, 0.3) is 0 Å². The van der Waals surface area contributed by atoms with Crippen LogP contribution in [-0.2, 0) is 9.47 Å². The van der Waals surface area contributed by atoms with E-state index in [1.54, 1.807) is 30.3 Å². The molecule has 0 bridgehead atoms. The van der Waals surface area contributed by atoms with E-state index in [4.69, 9.17) is 9.47 Å². The third-order valence-electron chi connectivity index (χ3n) is 3.46. The SMILES string of the molecule is CCOC(OCC)c1ccccc1C(O)c1cccc(Br)c1F. The number of aliphatic hydroxyl groups is 1. The minimum atomic E-state index is -1.10. The standard InChI is InChI=1S/C18H20BrFO3/c1-3-22-18(23-4-2)13-9-6-5-8-12(13)17(21)14-10-7-11-15(19)16(14)20/h5-11,17-18,21H,3-4H2,1-2H3. The van der Waals surface area contributed by atoms with E-state index in [1.165, 1.54) is 0 Å². The van der Waals surface area contributed by atoms with Crippen molar-refractivity contribution in [2.24, 2.45) is 0 Å². The molecule has 0 saturated heterocycles. The van der Waals surface area contributed by atoms with E-state index in [2.05, 4.69) is 15.9 Å². The Morgan fingerprint density at radius 3 is 2.13 bits per heavy atom. The summed E-state index contributed by atoms with van der Waals surface area (Å²) in [4.78, 5) is 0. The van der Waals surface area contributed by atoms with Gasteiger partial charge < -0.3 is 14.6 Å². The molecule has 0 saturated carbocycles. The van der Waals surface area contributed by atoms with Crippen molar-refractivity contribution in [2.75, 3.05) is 13.2 Å². The Hall–Kier alpha value is -1.27. The molecule has 1 atom stereocenters. The van der Waals surface area contributed by atoms with Gasteiger partial charge in [-0.15, -0.1) is 0 Å². The van der Waals surface area contributed by atoms with Crippen LogP contribution in [0.3, 0.4) is 0 Å². The molecule has 0 fully saturated rings. The predicted molar refractivity (Wildman–Crippen MR) is 90.6 cm³/mol. The largest absolute Gasteiger partial charge is 0.384 e. The summed E-state index contributed by atoms with van der Waals surface area (Å²) in [5.41, 5.74) is 1.47. The van der Waals surface area contributed by atoms with Gasteiger partial charge in [-0.3, -0.25) is 0 Å². The fourth-order valence-corrected chi connectivity index (χ4v) is 2.79. The van der Waals surface area contributed by atoms with Crippen LogP contribution < -0.4 is 0 Å². The number of halogens is 2. The Morgan fingerprint density at radius 1 is 0.957 bits per heavy atom. The second-order valence-corrected chi connectivity index (χ2v) is 5.77. The Kier molecular flexibility index (Phi) is 6.72. The fraction of sp³-hybridized carbons (Fsp3) is 0.333. The molecule has 0 aliphatic rings. The van der Waals surface area contributed by atoms with Gasteiger partial charge >= 0.3 is 0 Å². The Balaban J connectivity index is 2.44. The quantitative estimate of drug-likeness (QED) is 0.702. The number of rotatable bonds is 7. The van der Waals surface area contributed by atoms with Crippen molar-refractivity contribution in [3.63, 3.8) is 0 Å². The minimum absolute atomic E-state index is 0.207. The molecule has 2 aromatic carbocycles. The topological polar surface area (TPSA) is 38.7 Å². The maximum absolute atomic E-state index is 14.3. The van der Waals surface area contributed by atoms with E-state index in [0.717, 1.165) is 0 Å². The van der Waals surface area contributed by atoms with Crippen LogP contribution in [-0.4, -0.2) is 18.3 Å². The predicted octanol–water partition coefficient (Wildman–Crippen LogP) is 4.74. The van der Waals surface area contributed by atoms with Crippen molar-refractivity contribution in [3.05, 3.63) is 69.4 Å². The first-order valence-electron chi connectivity index (χ1n) is 7.54. The number of ether oxygens (including phenoxy) is 2. The van der Waals surface area contributed by atoms with E-state index >= 15 is 0 Å². The highest BCUT2D eigenvalue weighted by Crippen LogP contribution is 2.33. The van der Waals surface area contributed by atoms with Gasteiger partial charge in [0.15, 0.2) is 6.29 Å². The number of hydrogen-bond donors (Lipinski definition) is 1. The molecule has 0 radical (unpaired) electrons. The third kappa shape index (κ3) is 4.18. The van der Waals surface area contributed by atoms with Gasteiger partial charge in [0, 0.05) is 24.3 Å². The molecule has 2 aromatic rings. The Labute approximate surface area is 144 Å². The van der Waals surface area contributed by atoms with Crippen LogP contribution in [0.4, 0.5) is 4.39 Å². The van der Waals surface area contributed by atoms with Crippen molar-refractivity contribution in [1.29, 1.82) is 0 Å². The normalized spacial score (nSPS) is 12.6. The summed E-state index contributed by atoms with van der Waals surface area (Å²) in [6, 6.07) is 12.1. The summed E-state index contributed by atoms with van der Waals surface area (Å²) < 4.78 is 25.8. The summed E-state index contributed by atoms with van der Waals surface area (Å²) >= 11 is 3.15. The number of aliphatic hydroxyl groups excluding tert-OH is 1. The Bertz CT molecular complexity index is 642. The minimum Gasteiger partial charge on any atom is -0.384 e. The average Bonchev–Trinajstić information content (AvgIpc) is 2.56. The number of benzene rings is 2. The monoisotopic (exact) mass is 382 g/mol. The van der Waals surface area contributed by atoms with Gasteiger partial charge in [0.2, 0.25) is 0 Å². The Morgan fingerprint density at radius 2 is 1.52 bits per heavy atom. The molecular weight excluding hydrogens is 363 g/mol. The van der Waals surface area contributed by atoms with Crippen molar-refractivity contribution in [2.45, 2.75) is 26.2 Å². The van der Waals surface area contributed by atoms with E-state index in [-0.39, 0.29) is 5.56 Å². The lowest BCUT2D eigenvalue weighted by Crippen LogP contribution is -2.14. The number of hydrogen-bond acceptors (Lipinski definition) is 3. The van der Waals surface area contributed by atoms with E-state index in [1.807, 2.05) is 26.0 Å². The molecule has 0 aliphatic heterocycles. The highest BCUT2D eigenvalue weighted by molar-refractivity contribution is 9.10. The average molecular weight is 383 g/mol. The molecule has 0 amide bonds. The smallest absolute Gasteiger partial charge is 0.184 e. The highest BCUT2D eigenvalue weighted by Gasteiger charge is 2.23. The lowest BCUT2D eigenvalue weighted by atomic mass is 9.96. The van der Waals surface area contributed by atoms with Crippen LogP contribution in [0.15, 0.2) is 46.9 Å². The van der Waals surface area contributed by atoms with E-state index < -0.39 is 18.2 Å². The fourth-order valence-electron chi connectivity index (χ4n) is 2.40. The molecule has 5 heteroatoms. The van der Waals surface area contributed by atoms with Crippen LogP contribution in [0, 0.1) is 5.82 Å².